The number of allylic oxidation sites excluding steroid dienone is 2. The molecule has 0 aliphatic heterocycles. The van der Waals surface area contributed by atoms with Crippen LogP contribution in [-0.4, -0.2) is 72.6 Å². The number of likely N-dealkylation sites (N-methyl/N-ethyl adjacent to an activating group) is 1. The van der Waals surface area contributed by atoms with Crippen LogP contribution >= 0.6 is 0 Å². The number of hydrogen-bond donors (Lipinski definition) is 4. The number of H-pyrrole nitrogens is 1. The predicted molar refractivity (Wildman–Crippen MR) is 146 cm³/mol. The highest BCUT2D eigenvalue weighted by atomic mass is 16.4. The summed E-state index contributed by atoms with van der Waals surface area (Å²) in [7, 11) is 3.21. The molecule has 0 saturated carbocycles. The Hall–Kier alpha value is -4.81. The fourth-order valence-electron chi connectivity index (χ4n) is 3.69. The standard InChI is InChI=1S/C26H32N8O5/c1-15(2)13-19-22-23(28-16(3)27-19)32-20(31-22)14-34-12-8-10-18(25(34)37)29-24(36)17(30-26(38)39)9-6-7-11-21(35)33(4)5/h7-8,10-13,17,30H,6,9,14H2,1-5H3,(H,29,36)(H,38,39)(H,27,28,31,32). The maximum absolute atomic E-state index is 13.1. The number of nitrogens with zero attached hydrogens (tertiary/aromatic N) is 5. The lowest BCUT2D eigenvalue weighted by atomic mass is 10.1. The summed E-state index contributed by atoms with van der Waals surface area (Å²) in [4.78, 5) is 66.8. The largest absolute Gasteiger partial charge is 0.465 e. The smallest absolute Gasteiger partial charge is 0.405 e. The Kier molecular flexibility index (Phi) is 9.31. The van der Waals surface area contributed by atoms with Crippen LogP contribution in [0.5, 0.6) is 0 Å². The summed E-state index contributed by atoms with van der Waals surface area (Å²) in [5, 5.41) is 13.8. The molecule has 0 aromatic carbocycles. The Morgan fingerprint density at radius 2 is 1.95 bits per heavy atom. The van der Waals surface area contributed by atoms with Gasteiger partial charge in [0.15, 0.2) is 5.65 Å². The van der Waals surface area contributed by atoms with Crippen LogP contribution in [0.1, 0.15) is 44.0 Å². The molecule has 206 valence electrons. The maximum Gasteiger partial charge on any atom is 0.405 e. The Bertz CT molecular complexity index is 1500. The van der Waals surface area contributed by atoms with Gasteiger partial charge in [0, 0.05) is 20.3 Å². The first-order chi connectivity index (χ1) is 18.4. The number of carbonyl (C=O) groups is 3. The van der Waals surface area contributed by atoms with E-state index in [-0.39, 0.29) is 31.0 Å². The summed E-state index contributed by atoms with van der Waals surface area (Å²) in [6.45, 7) is 5.77. The number of anilines is 1. The van der Waals surface area contributed by atoms with Gasteiger partial charge >= 0.3 is 6.09 Å². The summed E-state index contributed by atoms with van der Waals surface area (Å²) in [5.41, 5.74) is 2.34. The molecule has 3 aromatic heterocycles. The number of carboxylic acid groups (broad SMARTS) is 1. The number of carbonyl (C=O) groups excluding carboxylic acids is 2. The number of nitrogens with one attached hydrogen (secondary N) is 3. The third-order valence-corrected chi connectivity index (χ3v) is 5.49. The highest BCUT2D eigenvalue weighted by Crippen LogP contribution is 2.17. The molecule has 0 aliphatic carbocycles. The van der Waals surface area contributed by atoms with Gasteiger partial charge in [-0.05, 0) is 57.9 Å². The molecule has 1 unspecified atom stereocenters. The van der Waals surface area contributed by atoms with Gasteiger partial charge in [-0.15, -0.1) is 0 Å². The summed E-state index contributed by atoms with van der Waals surface area (Å²) in [5.74, 6) is 0.131. The van der Waals surface area contributed by atoms with E-state index >= 15 is 0 Å². The van der Waals surface area contributed by atoms with Crippen molar-refractivity contribution in [1.82, 2.24) is 34.7 Å². The predicted octanol–water partition coefficient (Wildman–Crippen LogP) is 2.29. The van der Waals surface area contributed by atoms with Crippen LogP contribution in [0.25, 0.3) is 17.2 Å². The lowest BCUT2D eigenvalue weighted by molar-refractivity contribution is -0.123. The monoisotopic (exact) mass is 536 g/mol. The lowest BCUT2D eigenvalue weighted by Crippen LogP contribution is -2.44. The van der Waals surface area contributed by atoms with Gasteiger partial charge in [0.25, 0.3) is 5.56 Å². The zero-order valence-corrected chi connectivity index (χ0v) is 22.5. The van der Waals surface area contributed by atoms with Gasteiger partial charge in [-0.1, -0.05) is 11.6 Å². The maximum atomic E-state index is 13.1. The number of hydrogen-bond acceptors (Lipinski definition) is 7. The van der Waals surface area contributed by atoms with Crippen LogP contribution in [0.3, 0.4) is 0 Å². The van der Waals surface area contributed by atoms with E-state index in [2.05, 4.69) is 30.6 Å². The molecular weight excluding hydrogens is 504 g/mol. The molecular formula is C26H32N8O5. The number of pyridine rings is 1. The lowest BCUT2D eigenvalue weighted by Gasteiger charge is -2.16. The van der Waals surface area contributed by atoms with E-state index in [9.17, 15) is 19.2 Å². The molecule has 0 saturated heterocycles. The highest BCUT2D eigenvalue weighted by Gasteiger charge is 2.21. The van der Waals surface area contributed by atoms with Gasteiger partial charge in [0.05, 0.1) is 12.2 Å². The van der Waals surface area contributed by atoms with E-state index in [1.165, 1.54) is 21.6 Å². The van der Waals surface area contributed by atoms with Crippen molar-refractivity contribution in [2.24, 2.45) is 0 Å². The third-order valence-electron chi connectivity index (χ3n) is 5.49. The van der Waals surface area contributed by atoms with E-state index < -0.39 is 23.6 Å². The molecule has 0 bridgehead atoms. The van der Waals surface area contributed by atoms with Gasteiger partial charge in [-0.2, -0.15) is 0 Å². The quantitative estimate of drug-likeness (QED) is 0.285. The van der Waals surface area contributed by atoms with Crippen molar-refractivity contribution in [3.8, 4) is 0 Å². The normalized spacial score (nSPS) is 11.8. The summed E-state index contributed by atoms with van der Waals surface area (Å²) >= 11 is 0. The molecule has 4 N–H and O–H groups in total. The van der Waals surface area contributed by atoms with E-state index in [0.717, 1.165) is 5.57 Å². The second-order valence-electron chi connectivity index (χ2n) is 9.32. The molecule has 0 radical (unpaired) electrons. The molecule has 3 amide bonds. The van der Waals surface area contributed by atoms with Crippen molar-refractivity contribution in [1.29, 1.82) is 0 Å². The minimum absolute atomic E-state index is 0.0185. The summed E-state index contributed by atoms with van der Waals surface area (Å²) in [6, 6.07) is 1.89. The van der Waals surface area contributed by atoms with Crippen molar-refractivity contribution >= 4 is 40.8 Å². The van der Waals surface area contributed by atoms with Crippen LogP contribution in [0.15, 0.2) is 40.8 Å². The van der Waals surface area contributed by atoms with Crippen molar-refractivity contribution < 1.29 is 19.5 Å². The van der Waals surface area contributed by atoms with Gasteiger partial charge in [0.1, 0.15) is 28.9 Å². The number of aromatic amines is 1. The molecule has 3 rings (SSSR count). The number of aromatic nitrogens is 5. The van der Waals surface area contributed by atoms with Crippen molar-refractivity contribution in [2.45, 2.75) is 46.2 Å². The van der Waals surface area contributed by atoms with E-state index in [1.54, 1.807) is 39.4 Å². The molecule has 13 heteroatoms. The fraction of sp³-hybridized carbons (Fsp3) is 0.346. The van der Waals surface area contributed by atoms with Crippen molar-refractivity contribution in [2.75, 3.05) is 19.4 Å². The van der Waals surface area contributed by atoms with Crippen LogP contribution in [0, 0.1) is 6.92 Å². The van der Waals surface area contributed by atoms with Gasteiger partial charge in [-0.25, -0.2) is 19.7 Å². The Morgan fingerprint density at radius 3 is 2.62 bits per heavy atom. The Balaban J connectivity index is 1.78. The number of imidazole rings is 1. The Labute approximate surface area is 224 Å². The second-order valence-corrected chi connectivity index (χ2v) is 9.32. The number of amides is 3. The summed E-state index contributed by atoms with van der Waals surface area (Å²) in [6.07, 6.45) is 5.33. The number of fused-ring (bicyclic) bond motifs is 1. The third kappa shape index (κ3) is 7.84. The first-order valence-electron chi connectivity index (χ1n) is 12.2. The summed E-state index contributed by atoms with van der Waals surface area (Å²) < 4.78 is 1.36. The second kappa shape index (κ2) is 12.6. The molecule has 39 heavy (non-hydrogen) atoms. The van der Waals surface area contributed by atoms with Gasteiger partial charge in [-0.3, -0.25) is 14.4 Å². The molecule has 3 heterocycles. The first kappa shape index (κ1) is 28.8. The van der Waals surface area contributed by atoms with E-state index in [1.807, 2.05) is 19.9 Å². The van der Waals surface area contributed by atoms with Gasteiger partial charge in [0.2, 0.25) is 11.8 Å². The SMILES string of the molecule is CC(C)=Cc1nc(C)nc2[nH]c(Cn3cccc(NC(=O)C(CCC=CC(=O)N(C)C)NC(=O)O)c3=O)nc12. The molecule has 3 aromatic rings. The van der Waals surface area contributed by atoms with Crippen molar-refractivity contribution in [3.05, 3.63) is 63.8 Å². The Morgan fingerprint density at radius 1 is 1.21 bits per heavy atom. The van der Waals surface area contributed by atoms with Crippen molar-refractivity contribution in [3.63, 3.8) is 0 Å². The van der Waals surface area contributed by atoms with Gasteiger partial charge < -0.3 is 30.2 Å². The topological polar surface area (TPSA) is 175 Å². The molecule has 13 nitrogen and oxygen atoms in total. The minimum atomic E-state index is -1.38. The molecule has 1 atom stereocenters. The average Bonchev–Trinajstić information content (AvgIpc) is 3.25. The zero-order valence-electron chi connectivity index (χ0n) is 22.5. The molecule has 0 fully saturated rings. The minimum Gasteiger partial charge on any atom is -0.465 e. The number of rotatable bonds is 10. The fourth-order valence-corrected chi connectivity index (χ4v) is 3.69. The average molecular weight is 537 g/mol. The highest BCUT2D eigenvalue weighted by molar-refractivity contribution is 5.96. The van der Waals surface area contributed by atoms with Crippen LogP contribution in [-0.2, 0) is 16.1 Å². The molecule has 0 aliphatic rings. The first-order valence-corrected chi connectivity index (χ1v) is 12.2. The molecule has 0 spiro atoms. The van der Waals surface area contributed by atoms with E-state index in [0.29, 0.717) is 28.5 Å². The van der Waals surface area contributed by atoms with Crippen LogP contribution < -0.4 is 16.2 Å². The number of aryl methyl sites for hydroxylation is 1. The van der Waals surface area contributed by atoms with Crippen LogP contribution in [0.4, 0.5) is 10.5 Å². The van der Waals surface area contributed by atoms with E-state index in [4.69, 9.17) is 5.11 Å². The zero-order chi connectivity index (χ0) is 28.7. The van der Waals surface area contributed by atoms with Crippen LogP contribution in [0.2, 0.25) is 0 Å².